The summed E-state index contributed by atoms with van der Waals surface area (Å²) in [7, 11) is 3.72. The van der Waals surface area contributed by atoms with Gasteiger partial charge >= 0.3 is 0 Å². The number of ether oxygens (including phenoxy) is 1. The van der Waals surface area contributed by atoms with Crippen molar-refractivity contribution in [2.75, 3.05) is 25.5 Å². The van der Waals surface area contributed by atoms with E-state index in [0.29, 0.717) is 18.9 Å². The van der Waals surface area contributed by atoms with Crippen molar-refractivity contribution in [2.45, 2.75) is 40.2 Å². The van der Waals surface area contributed by atoms with Gasteiger partial charge in [-0.3, -0.25) is 14.5 Å². The van der Waals surface area contributed by atoms with Gasteiger partial charge in [0.05, 0.1) is 12.2 Å². The molecule has 0 bridgehead atoms. The Morgan fingerprint density at radius 3 is 2.67 bits per heavy atom. The second kappa shape index (κ2) is 12.4. The number of aromatic nitrogens is 2. The highest BCUT2D eigenvalue weighted by Crippen LogP contribution is 2.17. The Balaban J connectivity index is 0.00000450. The van der Waals surface area contributed by atoms with E-state index in [-0.39, 0.29) is 35.9 Å². The van der Waals surface area contributed by atoms with Crippen LogP contribution in [0.2, 0.25) is 0 Å². The molecule has 1 aromatic carbocycles. The third kappa shape index (κ3) is 7.85. The second-order valence-corrected chi connectivity index (χ2v) is 7.08. The predicted octanol–water partition coefficient (Wildman–Crippen LogP) is 2.79. The highest BCUT2D eigenvalue weighted by Gasteiger charge is 2.14. The molecule has 1 amide bonds. The quantitative estimate of drug-likeness (QED) is 0.212. The lowest BCUT2D eigenvalue weighted by atomic mass is 10.1. The molecule has 166 valence electrons. The number of nitrogens with one attached hydrogen (secondary N) is 3. The number of hydrogen-bond acceptors (Lipinski definition) is 4. The first kappa shape index (κ1) is 25.7. The Kier molecular flexibility index (Phi) is 10.6. The largest absolute Gasteiger partial charge is 0.492 e. The fourth-order valence-electron chi connectivity index (χ4n) is 3.10. The summed E-state index contributed by atoms with van der Waals surface area (Å²) in [5.41, 5.74) is 4.24. The Morgan fingerprint density at radius 1 is 1.33 bits per heavy atom. The van der Waals surface area contributed by atoms with Crippen molar-refractivity contribution in [3.05, 3.63) is 41.2 Å². The average Bonchev–Trinajstić information content (AvgIpc) is 2.90. The van der Waals surface area contributed by atoms with Crippen LogP contribution in [0, 0.1) is 13.8 Å². The molecule has 30 heavy (non-hydrogen) atoms. The van der Waals surface area contributed by atoms with Crippen LogP contribution in [0.5, 0.6) is 5.75 Å². The van der Waals surface area contributed by atoms with Crippen LogP contribution in [-0.2, 0) is 18.3 Å². The highest BCUT2D eigenvalue weighted by atomic mass is 127. The monoisotopic (exact) mass is 528 g/mol. The summed E-state index contributed by atoms with van der Waals surface area (Å²) in [4.78, 5) is 15.4. The van der Waals surface area contributed by atoms with E-state index in [9.17, 15) is 4.79 Å². The maximum atomic E-state index is 11.1. The molecule has 1 unspecified atom stereocenters. The molecule has 0 radical (unpaired) electrons. The normalized spacial score (nSPS) is 12.0. The summed E-state index contributed by atoms with van der Waals surface area (Å²) in [6, 6.07) is 7.54. The van der Waals surface area contributed by atoms with Crippen LogP contribution in [0.25, 0.3) is 0 Å². The molecule has 0 fully saturated rings. The molecule has 0 spiro atoms. The number of nitrogens with zero attached hydrogens (tertiary/aromatic N) is 3. The van der Waals surface area contributed by atoms with E-state index in [1.54, 1.807) is 13.1 Å². The maximum absolute atomic E-state index is 11.1. The highest BCUT2D eigenvalue weighted by molar-refractivity contribution is 14.0. The first-order chi connectivity index (χ1) is 13.8. The lowest BCUT2D eigenvalue weighted by Gasteiger charge is -2.18. The lowest BCUT2D eigenvalue weighted by Crippen LogP contribution is -2.44. The fourth-order valence-corrected chi connectivity index (χ4v) is 3.10. The molecule has 9 heteroatoms. The van der Waals surface area contributed by atoms with Crippen molar-refractivity contribution in [3.63, 3.8) is 0 Å². The summed E-state index contributed by atoms with van der Waals surface area (Å²) >= 11 is 0. The van der Waals surface area contributed by atoms with Crippen LogP contribution >= 0.6 is 24.0 Å². The number of benzene rings is 1. The van der Waals surface area contributed by atoms with Crippen LogP contribution in [0.3, 0.4) is 0 Å². The van der Waals surface area contributed by atoms with E-state index in [4.69, 9.17) is 4.74 Å². The molecule has 8 nitrogen and oxygen atoms in total. The molecule has 1 atom stereocenters. The minimum Gasteiger partial charge on any atom is -0.492 e. The van der Waals surface area contributed by atoms with Gasteiger partial charge in [-0.1, -0.05) is 6.07 Å². The average molecular weight is 528 g/mol. The molecule has 0 aliphatic heterocycles. The molecule has 3 N–H and O–H groups in total. The van der Waals surface area contributed by atoms with E-state index in [1.807, 2.05) is 36.9 Å². The summed E-state index contributed by atoms with van der Waals surface area (Å²) in [5.74, 6) is 1.33. The number of aliphatic imine (C=N–C) groups is 1. The standard InChI is InChI=1S/C21H32N6O2.HI/c1-14(12-20-15(2)26-27(6)16(20)3)24-21(22-5)23-10-11-29-19-9-7-8-18(13-19)25-17(4)28;/h7-9,13-14H,10-12H2,1-6H3,(H,25,28)(H2,22,23,24);1H. The SMILES string of the molecule is CN=C(NCCOc1cccc(NC(C)=O)c1)NC(C)Cc1c(C)nn(C)c1C.I. The number of carbonyl (C=O) groups excluding carboxylic acids is 1. The molecule has 0 aliphatic carbocycles. The van der Waals surface area contributed by atoms with Crippen molar-refractivity contribution in [1.82, 2.24) is 20.4 Å². The molecular formula is C21H33IN6O2. The van der Waals surface area contributed by atoms with Gasteiger partial charge < -0.3 is 20.7 Å². The van der Waals surface area contributed by atoms with Crippen LogP contribution in [-0.4, -0.2) is 47.9 Å². The van der Waals surface area contributed by atoms with Crippen LogP contribution < -0.4 is 20.7 Å². The van der Waals surface area contributed by atoms with Gasteiger partial charge in [-0.2, -0.15) is 5.10 Å². The Bertz CT molecular complexity index is 865. The second-order valence-electron chi connectivity index (χ2n) is 7.08. The van der Waals surface area contributed by atoms with Gasteiger partial charge in [0.2, 0.25) is 5.91 Å². The zero-order valence-corrected chi connectivity index (χ0v) is 20.9. The zero-order chi connectivity index (χ0) is 21.4. The molecule has 0 saturated heterocycles. The predicted molar refractivity (Wildman–Crippen MR) is 132 cm³/mol. The van der Waals surface area contributed by atoms with Crippen molar-refractivity contribution < 1.29 is 9.53 Å². The van der Waals surface area contributed by atoms with Gasteiger partial charge in [0, 0.05) is 44.5 Å². The van der Waals surface area contributed by atoms with E-state index in [1.165, 1.54) is 18.2 Å². The summed E-state index contributed by atoms with van der Waals surface area (Å²) in [5, 5.41) is 13.9. The van der Waals surface area contributed by atoms with Crippen molar-refractivity contribution >= 4 is 41.5 Å². The van der Waals surface area contributed by atoms with E-state index < -0.39 is 0 Å². The Hall–Kier alpha value is -2.30. The third-order valence-corrected chi connectivity index (χ3v) is 4.59. The summed E-state index contributed by atoms with van der Waals surface area (Å²) in [6.45, 7) is 8.81. The first-order valence-electron chi connectivity index (χ1n) is 9.76. The molecule has 1 heterocycles. The van der Waals surface area contributed by atoms with E-state index in [0.717, 1.165) is 23.8 Å². The van der Waals surface area contributed by atoms with Crippen LogP contribution in [0.4, 0.5) is 5.69 Å². The minimum atomic E-state index is -0.107. The Labute approximate surface area is 195 Å². The number of halogens is 1. The molecule has 2 rings (SSSR count). The molecular weight excluding hydrogens is 495 g/mol. The first-order valence-corrected chi connectivity index (χ1v) is 9.76. The number of carbonyl (C=O) groups is 1. The van der Waals surface area contributed by atoms with Gasteiger partial charge in [0.1, 0.15) is 12.4 Å². The minimum absolute atomic E-state index is 0. The molecule has 2 aromatic rings. The summed E-state index contributed by atoms with van der Waals surface area (Å²) in [6.07, 6.45) is 0.874. The maximum Gasteiger partial charge on any atom is 0.221 e. The zero-order valence-electron chi connectivity index (χ0n) is 18.6. The van der Waals surface area contributed by atoms with Gasteiger partial charge in [-0.15, -0.1) is 24.0 Å². The third-order valence-electron chi connectivity index (χ3n) is 4.59. The number of rotatable bonds is 8. The topological polar surface area (TPSA) is 92.6 Å². The summed E-state index contributed by atoms with van der Waals surface area (Å²) < 4.78 is 7.67. The van der Waals surface area contributed by atoms with E-state index >= 15 is 0 Å². The van der Waals surface area contributed by atoms with Crippen LogP contribution in [0.15, 0.2) is 29.3 Å². The van der Waals surface area contributed by atoms with Gasteiger partial charge in [0.15, 0.2) is 5.96 Å². The molecule has 0 saturated carbocycles. The molecule has 1 aromatic heterocycles. The number of hydrogen-bond donors (Lipinski definition) is 3. The van der Waals surface area contributed by atoms with Gasteiger partial charge in [0.25, 0.3) is 0 Å². The van der Waals surface area contributed by atoms with Crippen molar-refractivity contribution in [3.8, 4) is 5.75 Å². The fraction of sp³-hybridized carbons (Fsp3) is 0.476. The number of anilines is 1. The van der Waals surface area contributed by atoms with E-state index in [2.05, 4.69) is 39.9 Å². The molecule has 0 aliphatic rings. The number of guanidine groups is 1. The smallest absolute Gasteiger partial charge is 0.221 e. The van der Waals surface area contributed by atoms with Crippen molar-refractivity contribution in [2.24, 2.45) is 12.0 Å². The van der Waals surface area contributed by atoms with Crippen LogP contribution in [0.1, 0.15) is 30.8 Å². The number of amides is 1. The lowest BCUT2D eigenvalue weighted by molar-refractivity contribution is -0.114. The Morgan fingerprint density at radius 2 is 2.07 bits per heavy atom. The number of aryl methyl sites for hydroxylation is 2. The van der Waals surface area contributed by atoms with Gasteiger partial charge in [-0.05, 0) is 44.9 Å². The van der Waals surface area contributed by atoms with Crippen molar-refractivity contribution in [1.29, 1.82) is 0 Å². The van der Waals surface area contributed by atoms with Gasteiger partial charge in [-0.25, -0.2) is 0 Å².